The van der Waals surface area contributed by atoms with Gasteiger partial charge in [0.25, 0.3) is 11.5 Å². The highest BCUT2D eigenvalue weighted by Gasteiger charge is 2.62. The topological polar surface area (TPSA) is 91.2 Å². The molecular formula is C24H22Cl2F3N3O4. The Labute approximate surface area is 214 Å². The summed E-state index contributed by atoms with van der Waals surface area (Å²) in [5.41, 5.74) is -1.97. The molecule has 0 bridgehead atoms. The van der Waals surface area contributed by atoms with Crippen LogP contribution in [0.1, 0.15) is 46.8 Å². The Balaban J connectivity index is 1.56. The number of halogens is 5. The number of likely N-dealkylation sites (tertiary alicyclic amines) is 1. The van der Waals surface area contributed by atoms with Crippen molar-refractivity contribution in [2.45, 2.75) is 50.7 Å². The molecule has 1 fully saturated rings. The molecule has 2 aliphatic heterocycles. The van der Waals surface area contributed by atoms with Gasteiger partial charge >= 0.3 is 6.18 Å². The number of hydrogen-bond donors (Lipinski definition) is 2. The zero-order valence-corrected chi connectivity index (χ0v) is 20.7. The monoisotopic (exact) mass is 543 g/mol. The van der Waals surface area contributed by atoms with E-state index in [1.165, 1.54) is 29.2 Å². The summed E-state index contributed by atoms with van der Waals surface area (Å²) in [6.45, 7) is 3.65. The van der Waals surface area contributed by atoms with E-state index < -0.39 is 36.4 Å². The number of benzene rings is 2. The molecule has 2 aliphatic rings. The van der Waals surface area contributed by atoms with Crippen LogP contribution in [-0.4, -0.2) is 52.5 Å². The number of carbonyl (C=O) groups excluding carboxylic acids is 2. The van der Waals surface area contributed by atoms with Crippen molar-refractivity contribution < 1.29 is 32.7 Å². The van der Waals surface area contributed by atoms with Gasteiger partial charge in [0, 0.05) is 40.6 Å². The number of rotatable bonds is 5. The van der Waals surface area contributed by atoms with Crippen LogP contribution in [0.2, 0.25) is 10.0 Å². The Hall–Kier alpha value is -2.82. The van der Waals surface area contributed by atoms with Gasteiger partial charge in [-0.3, -0.25) is 9.59 Å². The fraction of sp³-hybridized carbons (Fsp3) is 0.375. The number of carbonyl (C=O) groups is 2. The van der Waals surface area contributed by atoms with Gasteiger partial charge in [-0.25, -0.2) is 0 Å². The van der Waals surface area contributed by atoms with E-state index in [9.17, 15) is 27.9 Å². The molecule has 192 valence electrons. The second-order valence-electron chi connectivity index (χ2n) is 8.69. The van der Waals surface area contributed by atoms with Crippen LogP contribution in [-0.2, 0) is 15.2 Å². The number of aliphatic hydroxyl groups is 1. The predicted octanol–water partition coefficient (Wildman–Crippen LogP) is 4.55. The van der Waals surface area contributed by atoms with Gasteiger partial charge in [0.15, 0.2) is 0 Å². The minimum Gasteiger partial charge on any atom is -0.374 e. The summed E-state index contributed by atoms with van der Waals surface area (Å²) in [5.74, 6) is -0.917. The van der Waals surface area contributed by atoms with Crippen molar-refractivity contribution in [3.8, 4) is 0 Å². The first-order valence-electron chi connectivity index (χ1n) is 11.0. The molecule has 0 radical (unpaired) electrons. The van der Waals surface area contributed by atoms with Crippen LogP contribution in [0.5, 0.6) is 0 Å². The van der Waals surface area contributed by atoms with Crippen molar-refractivity contribution in [1.82, 2.24) is 10.2 Å². The summed E-state index contributed by atoms with van der Waals surface area (Å²) in [6, 6.07) is 7.16. The summed E-state index contributed by atoms with van der Waals surface area (Å²) in [4.78, 5) is 31.4. The number of aryl methyl sites for hydroxylation is 1. The third kappa shape index (κ3) is 4.65. The number of likely N-dealkylation sites (N-methyl/N-ethyl adjacent to an activating group) is 1. The average Bonchev–Trinajstić information content (AvgIpc) is 3.35. The maximum atomic E-state index is 14.2. The Morgan fingerprint density at radius 3 is 2.47 bits per heavy atom. The third-order valence-electron chi connectivity index (χ3n) is 6.35. The van der Waals surface area contributed by atoms with Crippen LogP contribution >= 0.6 is 23.2 Å². The molecular weight excluding hydrogens is 522 g/mol. The molecule has 2 heterocycles. The number of nitrogens with zero attached hydrogens (tertiary/aromatic N) is 2. The van der Waals surface area contributed by atoms with E-state index in [-0.39, 0.29) is 39.2 Å². The van der Waals surface area contributed by atoms with Gasteiger partial charge in [-0.2, -0.15) is 13.2 Å². The van der Waals surface area contributed by atoms with E-state index in [2.05, 4.69) is 10.5 Å². The molecule has 1 saturated heterocycles. The van der Waals surface area contributed by atoms with E-state index in [1.807, 2.05) is 0 Å². The van der Waals surface area contributed by atoms with E-state index in [4.69, 9.17) is 28.0 Å². The summed E-state index contributed by atoms with van der Waals surface area (Å²) in [7, 11) is 0. The first-order chi connectivity index (χ1) is 16.9. The molecule has 4 rings (SSSR count). The van der Waals surface area contributed by atoms with Crippen LogP contribution in [0.4, 0.5) is 13.2 Å². The normalized spacial score (nSPS) is 24.1. The van der Waals surface area contributed by atoms with Gasteiger partial charge in [0.2, 0.25) is 5.91 Å². The number of hydrogen-bond acceptors (Lipinski definition) is 5. The summed E-state index contributed by atoms with van der Waals surface area (Å²) < 4.78 is 42.7. The molecule has 12 heteroatoms. The summed E-state index contributed by atoms with van der Waals surface area (Å²) >= 11 is 11.9. The van der Waals surface area contributed by atoms with Gasteiger partial charge in [-0.15, -0.1) is 0 Å². The van der Waals surface area contributed by atoms with Crippen LogP contribution in [0.15, 0.2) is 41.6 Å². The molecule has 0 aliphatic carbocycles. The molecule has 0 spiro atoms. The Bertz CT molecular complexity index is 1230. The van der Waals surface area contributed by atoms with Gasteiger partial charge in [-0.05, 0) is 55.3 Å². The van der Waals surface area contributed by atoms with Crippen LogP contribution in [0.3, 0.4) is 0 Å². The van der Waals surface area contributed by atoms with Crippen LogP contribution in [0.25, 0.3) is 0 Å². The lowest BCUT2D eigenvalue weighted by atomic mass is 9.86. The number of aliphatic hydroxyl groups excluding tert-OH is 1. The lowest BCUT2D eigenvalue weighted by Gasteiger charge is -2.29. The quantitative estimate of drug-likeness (QED) is 0.578. The fourth-order valence-electron chi connectivity index (χ4n) is 4.45. The van der Waals surface area contributed by atoms with Gasteiger partial charge in [0.05, 0.1) is 5.71 Å². The molecule has 2 aromatic carbocycles. The highest BCUT2D eigenvalue weighted by molar-refractivity contribution is 6.34. The molecule has 2 amide bonds. The molecule has 3 unspecified atom stereocenters. The SMILES string of the molecule is CCN1C(=O)C(NC(=O)c2ccc(C3=NOC(c4cc(Cl)cc(Cl)c4)(C(F)(F)F)C3)cc2C)CC1O. The number of oxime groups is 1. The van der Waals surface area contributed by atoms with Gasteiger partial charge < -0.3 is 20.2 Å². The highest BCUT2D eigenvalue weighted by Crippen LogP contribution is 2.49. The van der Waals surface area contributed by atoms with Crippen molar-refractivity contribution in [3.05, 3.63) is 68.7 Å². The highest BCUT2D eigenvalue weighted by atomic mass is 35.5. The fourth-order valence-corrected chi connectivity index (χ4v) is 4.98. The lowest BCUT2D eigenvalue weighted by molar-refractivity contribution is -0.275. The lowest BCUT2D eigenvalue weighted by Crippen LogP contribution is -2.42. The van der Waals surface area contributed by atoms with E-state index in [0.29, 0.717) is 17.7 Å². The van der Waals surface area contributed by atoms with E-state index in [0.717, 1.165) is 12.1 Å². The largest absolute Gasteiger partial charge is 0.435 e. The number of amides is 2. The maximum absolute atomic E-state index is 14.2. The molecule has 7 nitrogen and oxygen atoms in total. The van der Waals surface area contributed by atoms with Crippen LogP contribution < -0.4 is 5.32 Å². The van der Waals surface area contributed by atoms with E-state index >= 15 is 0 Å². The zero-order chi connectivity index (χ0) is 26.4. The van der Waals surface area contributed by atoms with Gasteiger partial charge in [0.1, 0.15) is 12.3 Å². The van der Waals surface area contributed by atoms with Crippen molar-refractivity contribution in [1.29, 1.82) is 0 Å². The first kappa shape index (κ1) is 26.2. The standard InChI is InChI=1S/C24H22Cl2F3N3O4/c1-3-32-20(33)10-18(22(32)35)30-21(34)17-5-4-13(6-12(17)2)19-11-23(36-31-19,24(27,28)29)14-7-15(25)9-16(26)8-14/h4-9,18,20,33H,3,10-11H2,1-2H3,(H,30,34). The van der Waals surface area contributed by atoms with Crippen molar-refractivity contribution in [2.24, 2.45) is 5.16 Å². The number of alkyl halides is 3. The number of nitrogens with one attached hydrogen (secondary N) is 1. The van der Waals surface area contributed by atoms with Crippen molar-refractivity contribution in [2.75, 3.05) is 6.54 Å². The Morgan fingerprint density at radius 2 is 1.92 bits per heavy atom. The predicted molar refractivity (Wildman–Crippen MR) is 127 cm³/mol. The van der Waals surface area contributed by atoms with Gasteiger partial charge in [-0.1, -0.05) is 34.4 Å². The van der Waals surface area contributed by atoms with E-state index in [1.54, 1.807) is 13.8 Å². The molecule has 0 aromatic heterocycles. The second kappa shape index (κ2) is 9.57. The smallest absolute Gasteiger partial charge is 0.374 e. The zero-order valence-electron chi connectivity index (χ0n) is 19.2. The summed E-state index contributed by atoms with van der Waals surface area (Å²) in [6.07, 6.45) is -6.36. The molecule has 36 heavy (non-hydrogen) atoms. The van der Waals surface area contributed by atoms with Crippen LogP contribution in [0, 0.1) is 6.92 Å². The second-order valence-corrected chi connectivity index (χ2v) is 9.56. The van der Waals surface area contributed by atoms with Crippen molar-refractivity contribution >= 4 is 40.7 Å². The molecule has 3 atom stereocenters. The average molecular weight is 544 g/mol. The Morgan fingerprint density at radius 1 is 1.25 bits per heavy atom. The minimum absolute atomic E-state index is 0.0275. The minimum atomic E-state index is -4.83. The maximum Gasteiger partial charge on any atom is 0.435 e. The third-order valence-corrected chi connectivity index (χ3v) is 6.79. The Kier molecular flexibility index (Phi) is 6.98. The molecule has 0 saturated carbocycles. The van der Waals surface area contributed by atoms with Crippen molar-refractivity contribution in [3.63, 3.8) is 0 Å². The molecule has 2 aromatic rings. The molecule has 2 N–H and O–H groups in total. The summed E-state index contributed by atoms with van der Waals surface area (Å²) in [5, 5.41) is 16.4. The first-order valence-corrected chi connectivity index (χ1v) is 11.8.